The summed E-state index contributed by atoms with van der Waals surface area (Å²) in [7, 11) is 0. The molecular weight excluding hydrogens is 430 g/mol. The molecule has 1 atom stereocenters. The van der Waals surface area contributed by atoms with Crippen LogP contribution in [0.3, 0.4) is 0 Å². The van der Waals surface area contributed by atoms with Crippen molar-refractivity contribution in [3.8, 4) is 11.5 Å². The number of carbonyl (C=O) groups is 2. The summed E-state index contributed by atoms with van der Waals surface area (Å²) in [4.78, 5) is 26.1. The second-order valence-corrected chi connectivity index (χ2v) is 6.97. The van der Waals surface area contributed by atoms with E-state index in [-0.39, 0.29) is 24.5 Å². The first-order valence-corrected chi connectivity index (χ1v) is 9.60. The standard InChI is InChI=1S/C20H20BrNO6/c1-3-26-18(24)20(19(25)27-4-2)17(13-11-12(21)9-10-15(13)23)22-14-7-5-6-8-16(14)28-20/h5-11,17,22-23H,3-4H2,1-2H3. The van der Waals surface area contributed by atoms with Gasteiger partial charge in [0.25, 0.3) is 0 Å². The highest BCUT2D eigenvalue weighted by atomic mass is 79.9. The molecule has 0 bridgehead atoms. The molecule has 0 saturated heterocycles. The van der Waals surface area contributed by atoms with Crippen LogP contribution in [0.5, 0.6) is 11.5 Å². The Kier molecular flexibility index (Phi) is 5.79. The maximum absolute atomic E-state index is 13.0. The number of phenolic OH excluding ortho intramolecular Hbond substituents is 1. The van der Waals surface area contributed by atoms with Crippen molar-refractivity contribution in [2.24, 2.45) is 0 Å². The van der Waals surface area contributed by atoms with Crippen molar-refractivity contribution in [1.29, 1.82) is 0 Å². The number of aromatic hydroxyl groups is 1. The number of anilines is 1. The molecule has 1 aliphatic rings. The highest BCUT2D eigenvalue weighted by Crippen LogP contribution is 2.46. The molecule has 1 heterocycles. The normalized spacial score (nSPS) is 16.9. The van der Waals surface area contributed by atoms with Gasteiger partial charge in [-0.2, -0.15) is 0 Å². The molecule has 2 aromatic rings. The molecule has 1 unspecified atom stereocenters. The number of nitrogens with one attached hydrogen (secondary N) is 1. The molecule has 2 N–H and O–H groups in total. The van der Waals surface area contributed by atoms with Crippen molar-refractivity contribution in [3.63, 3.8) is 0 Å². The zero-order valence-electron chi connectivity index (χ0n) is 15.4. The Labute approximate surface area is 170 Å². The lowest BCUT2D eigenvalue weighted by Crippen LogP contribution is -2.61. The van der Waals surface area contributed by atoms with E-state index in [1.807, 2.05) is 0 Å². The Morgan fingerprint density at radius 1 is 1.14 bits per heavy atom. The van der Waals surface area contributed by atoms with Crippen LogP contribution in [0.15, 0.2) is 46.9 Å². The van der Waals surface area contributed by atoms with Crippen LogP contribution in [-0.4, -0.2) is 35.9 Å². The van der Waals surface area contributed by atoms with Crippen LogP contribution in [0.25, 0.3) is 0 Å². The molecule has 0 spiro atoms. The summed E-state index contributed by atoms with van der Waals surface area (Å²) < 4.78 is 17.0. The SMILES string of the molecule is CCOC(=O)C1(C(=O)OCC)Oc2ccccc2NC1c1cc(Br)ccc1O. The van der Waals surface area contributed by atoms with E-state index in [1.165, 1.54) is 6.07 Å². The summed E-state index contributed by atoms with van der Waals surface area (Å²) in [5.74, 6) is -1.62. The second-order valence-electron chi connectivity index (χ2n) is 6.06. The Balaban J connectivity index is 2.25. The van der Waals surface area contributed by atoms with Crippen molar-refractivity contribution in [2.45, 2.75) is 25.5 Å². The minimum atomic E-state index is -2.17. The molecule has 0 radical (unpaired) electrons. The molecule has 3 rings (SSSR count). The number of hydrogen-bond acceptors (Lipinski definition) is 7. The maximum atomic E-state index is 13.0. The molecule has 0 aliphatic carbocycles. The third kappa shape index (κ3) is 3.40. The average Bonchev–Trinajstić information content (AvgIpc) is 2.69. The summed E-state index contributed by atoms with van der Waals surface area (Å²) in [6, 6.07) is 10.5. The lowest BCUT2D eigenvalue weighted by atomic mass is 9.85. The first-order valence-electron chi connectivity index (χ1n) is 8.81. The van der Waals surface area contributed by atoms with Crippen LogP contribution < -0.4 is 10.1 Å². The number of carbonyl (C=O) groups excluding carboxylic acids is 2. The van der Waals surface area contributed by atoms with Crippen LogP contribution in [-0.2, 0) is 19.1 Å². The van der Waals surface area contributed by atoms with Gasteiger partial charge in [0.15, 0.2) is 0 Å². The Morgan fingerprint density at radius 2 is 1.79 bits per heavy atom. The molecule has 28 heavy (non-hydrogen) atoms. The van der Waals surface area contributed by atoms with Gasteiger partial charge in [-0.15, -0.1) is 0 Å². The van der Waals surface area contributed by atoms with E-state index in [0.717, 1.165) is 0 Å². The largest absolute Gasteiger partial charge is 0.508 e. The van der Waals surface area contributed by atoms with Crippen LogP contribution >= 0.6 is 15.9 Å². The van der Waals surface area contributed by atoms with Gasteiger partial charge in [0.2, 0.25) is 0 Å². The van der Waals surface area contributed by atoms with Gasteiger partial charge < -0.3 is 24.6 Å². The van der Waals surface area contributed by atoms with Crippen molar-refractivity contribution in [1.82, 2.24) is 0 Å². The number of benzene rings is 2. The number of phenols is 1. The second kappa shape index (κ2) is 8.10. The van der Waals surface area contributed by atoms with Crippen molar-refractivity contribution < 1.29 is 28.9 Å². The van der Waals surface area contributed by atoms with Crippen LogP contribution in [0.2, 0.25) is 0 Å². The van der Waals surface area contributed by atoms with Gasteiger partial charge in [-0.25, -0.2) is 9.59 Å². The van der Waals surface area contributed by atoms with Gasteiger partial charge >= 0.3 is 17.5 Å². The first kappa shape index (κ1) is 20.0. The van der Waals surface area contributed by atoms with E-state index < -0.39 is 23.6 Å². The third-order valence-corrected chi connectivity index (χ3v) is 4.82. The van der Waals surface area contributed by atoms with Gasteiger partial charge in [0, 0.05) is 10.0 Å². The fraction of sp³-hybridized carbons (Fsp3) is 0.300. The predicted octanol–water partition coefficient (Wildman–Crippen LogP) is 3.57. The van der Waals surface area contributed by atoms with E-state index in [2.05, 4.69) is 21.2 Å². The number of rotatable bonds is 5. The van der Waals surface area contributed by atoms with Gasteiger partial charge in [-0.05, 0) is 44.2 Å². The highest BCUT2D eigenvalue weighted by Gasteiger charge is 2.61. The average molecular weight is 450 g/mol. The summed E-state index contributed by atoms with van der Waals surface area (Å²) in [5.41, 5.74) is -1.32. The van der Waals surface area contributed by atoms with Crippen LogP contribution in [0.4, 0.5) is 5.69 Å². The molecule has 0 aromatic heterocycles. The maximum Gasteiger partial charge on any atom is 0.365 e. The lowest BCUT2D eigenvalue weighted by molar-refractivity contribution is -0.182. The van der Waals surface area contributed by atoms with Crippen LogP contribution in [0.1, 0.15) is 25.5 Å². The van der Waals surface area contributed by atoms with E-state index >= 15 is 0 Å². The van der Waals surface area contributed by atoms with Gasteiger partial charge in [-0.1, -0.05) is 28.1 Å². The number of ether oxygens (including phenoxy) is 3. The molecule has 148 valence electrons. The minimum absolute atomic E-state index is 0.0438. The zero-order valence-corrected chi connectivity index (χ0v) is 17.0. The van der Waals surface area contributed by atoms with Crippen molar-refractivity contribution in [2.75, 3.05) is 18.5 Å². The molecular formula is C20H20BrNO6. The fourth-order valence-corrected chi connectivity index (χ4v) is 3.48. The number of esters is 2. The summed E-state index contributed by atoms with van der Waals surface area (Å²) >= 11 is 3.36. The van der Waals surface area contributed by atoms with E-state index in [1.54, 1.807) is 50.2 Å². The zero-order chi connectivity index (χ0) is 20.3. The topological polar surface area (TPSA) is 94.1 Å². The van der Waals surface area contributed by atoms with Crippen molar-refractivity contribution >= 4 is 33.6 Å². The van der Waals surface area contributed by atoms with E-state index in [0.29, 0.717) is 15.9 Å². The number of hydrogen-bond donors (Lipinski definition) is 2. The molecule has 7 nitrogen and oxygen atoms in total. The summed E-state index contributed by atoms with van der Waals surface area (Å²) in [5, 5.41) is 13.6. The summed E-state index contributed by atoms with van der Waals surface area (Å²) in [6.45, 7) is 3.35. The minimum Gasteiger partial charge on any atom is -0.508 e. The molecule has 2 aromatic carbocycles. The number of halogens is 1. The molecule has 8 heteroatoms. The third-order valence-electron chi connectivity index (χ3n) is 4.32. The smallest absolute Gasteiger partial charge is 0.365 e. The quantitative estimate of drug-likeness (QED) is 0.532. The Bertz CT molecular complexity index is 882. The number of para-hydroxylation sites is 2. The van der Waals surface area contributed by atoms with E-state index in [9.17, 15) is 14.7 Å². The van der Waals surface area contributed by atoms with E-state index in [4.69, 9.17) is 14.2 Å². The van der Waals surface area contributed by atoms with Crippen LogP contribution in [0, 0.1) is 0 Å². The fourth-order valence-electron chi connectivity index (χ4n) is 3.10. The molecule has 0 saturated carbocycles. The van der Waals surface area contributed by atoms with Gasteiger partial charge in [0.1, 0.15) is 17.5 Å². The molecule has 0 amide bonds. The summed E-state index contributed by atoms with van der Waals surface area (Å²) in [6.07, 6.45) is 0. The lowest BCUT2D eigenvalue weighted by Gasteiger charge is -2.41. The van der Waals surface area contributed by atoms with Crippen molar-refractivity contribution in [3.05, 3.63) is 52.5 Å². The molecule has 1 aliphatic heterocycles. The molecule has 0 fully saturated rings. The number of fused-ring (bicyclic) bond motifs is 1. The predicted molar refractivity (Wildman–Crippen MR) is 105 cm³/mol. The van der Waals surface area contributed by atoms with Gasteiger partial charge in [0.05, 0.1) is 18.9 Å². The monoisotopic (exact) mass is 449 g/mol. The van der Waals surface area contributed by atoms with Gasteiger partial charge in [-0.3, -0.25) is 0 Å². The first-order chi connectivity index (χ1) is 13.4. The highest BCUT2D eigenvalue weighted by molar-refractivity contribution is 9.10. The Morgan fingerprint density at radius 3 is 2.43 bits per heavy atom. The Hall–Kier alpha value is -2.74.